The van der Waals surface area contributed by atoms with E-state index in [0.29, 0.717) is 36.9 Å². The molecule has 6 nitrogen and oxygen atoms in total. The van der Waals surface area contributed by atoms with Crippen molar-refractivity contribution < 1.29 is 23.7 Å². The molecule has 0 radical (unpaired) electrons. The van der Waals surface area contributed by atoms with Gasteiger partial charge in [-0.15, -0.1) is 0 Å². The second-order valence-electron chi connectivity index (χ2n) is 5.97. The lowest BCUT2D eigenvalue weighted by atomic mass is 10.00. The van der Waals surface area contributed by atoms with Crippen LogP contribution in [0, 0.1) is 0 Å². The van der Waals surface area contributed by atoms with Crippen LogP contribution in [-0.4, -0.2) is 56.6 Å². The first-order valence-corrected chi connectivity index (χ1v) is 8.59. The zero-order valence-electron chi connectivity index (χ0n) is 14.3. The van der Waals surface area contributed by atoms with Gasteiger partial charge in [0.25, 0.3) is 5.91 Å². The number of methoxy groups -OCH3 is 1. The van der Waals surface area contributed by atoms with Gasteiger partial charge in [-0.25, -0.2) is 0 Å². The van der Waals surface area contributed by atoms with E-state index in [1.54, 1.807) is 25.3 Å². The molecule has 6 heteroatoms. The lowest BCUT2D eigenvalue weighted by Gasteiger charge is -2.38. The van der Waals surface area contributed by atoms with Gasteiger partial charge in [0.2, 0.25) is 0 Å². The minimum atomic E-state index is -0.307. The van der Waals surface area contributed by atoms with Gasteiger partial charge in [0.1, 0.15) is 0 Å². The largest absolute Gasteiger partial charge is 0.493 e. The molecule has 2 aliphatic heterocycles. The predicted octanol–water partition coefficient (Wildman–Crippen LogP) is 2.46. The minimum Gasteiger partial charge on any atom is -0.493 e. The third kappa shape index (κ3) is 3.49. The maximum atomic E-state index is 13.0. The number of hydrogen-bond donors (Lipinski definition) is 0. The molecule has 0 saturated carbocycles. The summed E-state index contributed by atoms with van der Waals surface area (Å²) < 4.78 is 22.2. The first-order chi connectivity index (χ1) is 11.7. The van der Waals surface area contributed by atoms with Crippen LogP contribution in [-0.2, 0) is 9.47 Å². The summed E-state index contributed by atoms with van der Waals surface area (Å²) >= 11 is 0. The van der Waals surface area contributed by atoms with Gasteiger partial charge >= 0.3 is 0 Å². The SMILES string of the molecule is CCOc1cc(C(=O)N2CCCCC2C2OCCO2)ccc1OC. The van der Waals surface area contributed by atoms with Gasteiger partial charge < -0.3 is 23.8 Å². The topological polar surface area (TPSA) is 57.2 Å². The van der Waals surface area contributed by atoms with E-state index in [0.717, 1.165) is 25.8 Å². The summed E-state index contributed by atoms with van der Waals surface area (Å²) in [5.41, 5.74) is 0.601. The Balaban J connectivity index is 1.82. The number of hydrogen-bond acceptors (Lipinski definition) is 5. The summed E-state index contributed by atoms with van der Waals surface area (Å²) in [6.07, 6.45) is 2.69. The number of ether oxygens (including phenoxy) is 4. The third-order valence-electron chi connectivity index (χ3n) is 4.48. The molecule has 24 heavy (non-hydrogen) atoms. The van der Waals surface area contributed by atoms with Crippen LogP contribution in [0.15, 0.2) is 18.2 Å². The fourth-order valence-electron chi connectivity index (χ4n) is 3.34. The zero-order chi connectivity index (χ0) is 16.9. The van der Waals surface area contributed by atoms with Gasteiger partial charge in [-0.05, 0) is 44.4 Å². The first kappa shape index (κ1) is 17.0. The lowest BCUT2D eigenvalue weighted by Crippen LogP contribution is -2.50. The predicted molar refractivity (Wildman–Crippen MR) is 88.5 cm³/mol. The van der Waals surface area contributed by atoms with E-state index in [-0.39, 0.29) is 18.2 Å². The highest BCUT2D eigenvalue weighted by Gasteiger charge is 2.36. The molecule has 0 bridgehead atoms. The molecule has 2 fully saturated rings. The van der Waals surface area contributed by atoms with Gasteiger partial charge in [0.05, 0.1) is 33.0 Å². The Morgan fingerprint density at radius 3 is 2.75 bits per heavy atom. The Kier molecular flexibility index (Phi) is 5.58. The van der Waals surface area contributed by atoms with Crippen molar-refractivity contribution in [1.82, 2.24) is 4.90 Å². The van der Waals surface area contributed by atoms with Crippen LogP contribution in [0.4, 0.5) is 0 Å². The highest BCUT2D eigenvalue weighted by atomic mass is 16.7. The van der Waals surface area contributed by atoms with E-state index in [4.69, 9.17) is 18.9 Å². The normalized spacial score (nSPS) is 21.8. The monoisotopic (exact) mass is 335 g/mol. The number of nitrogens with zero attached hydrogens (tertiary/aromatic N) is 1. The Labute approximate surface area is 142 Å². The Morgan fingerprint density at radius 1 is 1.25 bits per heavy atom. The van der Waals surface area contributed by atoms with Crippen molar-refractivity contribution in [2.45, 2.75) is 38.5 Å². The Morgan fingerprint density at radius 2 is 2.04 bits per heavy atom. The maximum absolute atomic E-state index is 13.0. The van der Waals surface area contributed by atoms with Crippen molar-refractivity contribution in [3.8, 4) is 11.5 Å². The van der Waals surface area contributed by atoms with E-state index in [9.17, 15) is 4.79 Å². The van der Waals surface area contributed by atoms with Gasteiger partial charge in [-0.3, -0.25) is 4.79 Å². The Bertz CT molecular complexity index is 571. The van der Waals surface area contributed by atoms with Crippen molar-refractivity contribution in [1.29, 1.82) is 0 Å². The molecule has 2 saturated heterocycles. The number of carbonyl (C=O) groups excluding carboxylic acids is 1. The van der Waals surface area contributed by atoms with Crippen LogP contribution in [0.25, 0.3) is 0 Å². The zero-order valence-corrected chi connectivity index (χ0v) is 14.3. The van der Waals surface area contributed by atoms with Crippen LogP contribution in [0.5, 0.6) is 11.5 Å². The van der Waals surface area contributed by atoms with Crippen LogP contribution in [0.2, 0.25) is 0 Å². The van der Waals surface area contributed by atoms with Crippen LogP contribution >= 0.6 is 0 Å². The third-order valence-corrected chi connectivity index (χ3v) is 4.48. The fraction of sp³-hybridized carbons (Fsp3) is 0.611. The number of amides is 1. The van der Waals surface area contributed by atoms with Gasteiger partial charge in [0, 0.05) is 12.1 Å². The van der Waals surface area contributed by atoms with Crippen molar-refractivity contribution in [2.75, 3.05) is 33.5 Å². The number of likely N-dealkylation sites (tertiary alicyclic amines) is 1. The standard InChI is InChI=1S/C18H25NO5/c1-3-22-16-12-13(7-8-15(16)21-2)17(20)19-9-5-4-6-14(19)18-23-10-11-24-18/h7-8,12,14,18H,3-6,9-11H2,1-2H3. The number of carbonyl (C=O) groups is 1. The van der Waals surface area contributed by atoms with Gasteiger partial charge in [-0.1, -0.05) is 0 Å². The second kappa shape index (κ2) is 7.85. The van der Waals surface area contributed by atoms with Crippen molar-refractivity contribution in [2.24, 2.45) is 0 Å². The van der Waals surface area contributed by atoms with Crippen LogP contribution in [0.3, 0.4) is 0 Å². The molecule has 1 atom stereocenters. The van der Waals surface area contributed by atoms with Gasteiger partial charge in [-0.2, -0.15) is 0 Å². The van der Waals surface area contributed by atoms with E-state index in [1.165, 1.54) is 0 Å². The first-order valence-electron chi connectivity index (χ1n) is 8.59. The molecule has 2 aliphatic rings. The fourth-order valence-corrected chi connectivity index (χ4v) is 3.34. The van der Waals surface area contributed by atoms with Crippen molar-refractivity contribution in [3.05, 3.63) is 23.8 Å². The summed E-state index contributed by atoms with van der Waals surface area (Å²) in [5, 5.41) is 0. The summed E-state index contributed by atoms with van der Waals surface area (Å²) in [6, 6.07) is 5.30. The molecule has 0 N–H and O–H groups in total. The molecule has 132 valence electrons. The van der Waals surface area contributed by atoms with Crippen molar-refractivity contribution >= 4 is 5.91 Å². The smallest absolute Gasteiger partial charge is 0.254 e. The minimum absolute atomic E-state index is 0.0117. The van der Waals surface area contributed by atoms with Crippen LogP contribution < -0.4 is 9.47 Å². The maximum Gasteiger partial charge on any atom is 0.254 e. The summed E-state index contributed by atoms with van der Waals surface area (Å²) in [6.45, 7) is 4.34. The quantitative estimate of drug-likeness (QED) is 0.827. The highest BCUT2D eigenvalue weighted by Crippen LogP contribution is 2.31. The van der Waals surface area contributed by atoms with E-state index in [2.05, 4.69) is 0 Å². The molecule has 3 rings (SSSR count). The molecule has 0 aliphatic carbocycles. The molecule has 0 spiro atoms. The molecular weight excluding hydrogens is 310 g/mol. The highest BCUT2D eigenvalue weighted by molar-refractivity contribution is 5.95. The molecule has 2 heterocycles. The summed E-state index contributed by atoms with van der Waals surface area (Å²) in [7, 11) is 1.59. The molecule has 1 amide bonds. The average molecular weight is 335 g/mol. The molecule has 1 aromatic rings. The molecular formula is C18H25NO5. The second-order valence-corrected chi connectivity index (χ2v) is 5.97. The molecule has 1 unspecified atom stereocenters. The van der Waals surface area contributed by atoms with Gasteiger partial charge in [0.15, 0.2) is 17.8 Å². The molecule has 0 aromatic heterocycles. The van der Waals surface area contributed by atoms with E-state index in [1.807, 2.05) is 11.8 Å². The van der Waals surface area contributed by atoms with E-state index >= 15 is 0 Å². The lowest BCUT2D eigenvalue weighted by molar-refractivity contribution is -0.100. The summed E-state index contributed by atoms with van der Waals surface area (Å²) in [5.74, 6) is 1.21. The van der Waals surface area contributed by atoms with Crippen molar-refractivity contribution in [3.63, 3.8) is 0 Å². The molecule has 1 aromatic carbocycles. The number of benzene rings is 1. The van der Waals surface area contributed by atoms with Crippen LogP contribution in [0.1, 0.15) is 36.5 Å². The van der Waals surface area contributed by atoms with E-state index < -0.39 is 0 Å². The number of rotatable bonds is 5. The summed E-state index contributed by atoms with van der Waals surface area (Å²) in [4.78, 5) is 14.9. The Hall–Kier alpha value is -1.79. The number of piperidine rings is 1. The average Bonchev–Trinajstić information content (AvgIpc) is 3.16.